The quantitative estimate of drug-likeness (QED) is 0.497. The monoisotopic (exact) mass is 275 g/mol. The first-order chi connectivity index (χ1) is 8.99. The van der Waals surface area contributed by atoms with Crippen LogP contribution in [0, 0.1) is 0 Å². The van der Waals surface area contributed by atoms with Gasteiger partial charge in [-0.1, -0.05) is 0 Å². The Labute approximate surface area is 106 Å². The fraction of sp³-hybridized carbons (Fsp3) is 0.600. The molecule has 0 amide bonds. The highest BCUT2D eigenvalue weighted by molar-refractivity contribution is 5.36. The molecule has 2 rings (SSSR count). The lowest BCUT2D eigenvalue weighted by atomic mass is 10.1. The van der Waals surface area contributed by atoms with Crippen LogP contribution in [0.2, 0.25) is 0 Å². The van der Waals surface area contributed by atoms with Gasteiger partial charge in [-0.2, -0.15) is 4.98 Å². The number of anilines is 1. The summed E-state index contributed by atoms with van der Waals surface area (Å²) < 4.78 is 19.7. The lowest BCUT2D eigenvalue weighted by molar-refractivity contribution is -0.0492. The molecule has 1 aliphatic rings. The highest BCUT2D eigenvalue weighted by atomic mass is 19.1. The average molecular weight is 275 g/mol. The summed E-state index contributed by atoms with van der Waals surface area (Å²) in [4.78, 5) is 15.1. The summed E-state index contributed by atoms with van der Waals surface area (Å²) in [6.07, 6.45) is -4.86. The molecule has 1 aliphatic heterocycles. The Bertz CT molecular complexity index is 522. The number of halogens is 1. The summed E-state index contributed by atoms with van der Waals surface area (Å²) in [5.74, 6) is -0.156. The number of nitrogens with two attached hydrogens (primary N) is 1. The molecule has 4 atom stereocenters. The average Bonchev–Trinajstić information content (AvgIpc) is 2.67. The second-order valence-corrected chi connectivity index (χ2v) is 4.18. The van der Waals surface area contributed by atoms with Crippen molar-refractivity contribution >= 4 is 5.82 Å². The van der Waals surface area contributed by atoms with Gasteiger partial charge in [-0.25, -0.2) is 9.18 Å². The molecular formula is C10H14FN3O5. The van der Waals surface area contributed by atoms with E-state index in [1.54, 1.807) is 0 Å². The van der Waals surface area contributed by atoms with Gasteiger partial charge in [0.25, 0.3) is 0 Å². The minimum Gasteiger partial charge on any atom is -0.394 e. The molecule has 9 heteroatoms. The maximum atomic E-state index is 13.9. The molecule has 0 spiro atoms. The third-order valence-electron chi connectivity index (χ3n) is 2.98. The van der Waals surface area contributed by atoms with Crippen LogP contribution in [-0.2, 0) is 11.3 Å². The largest absolute Gasteiger partial charge is 0.394 e. The van der Waals surface area contributed by atoms with Gasteiger partial charge < -0.3 is 25.8 Å². The normalized spacial score (nSPS) is 30.7. The van der Waals surface area contributed by atoms with Crippen LogP contribution in [-0.4, -0.2) is 49.9 Å². The second kappa shape index (κ2) is 5.21. The molecule has 1 unspecified atom stereocenters. The number of nitrogens with zero attached hydrogens (tertiary/aromatic N) is 2. The summed E-state index contributed by atoms with van der Waals surface area (Å²) >= 11 is 0. The molecule has 8 nitrogen and oxygen atoms in total. The highest BCUT2D eigenvalue weighted by Crippen LogP contribution is 2.30. The minimum atomic E-state index is -1.90. The summed E-state index contributed by atoms with van der Waals surface area (Å²) in [6.45, 7) is -1.06. The van der Waals surface area contributed by atoms with Crippen molar-refractivity contribution in [3.8, 4) is 0 Å². The first-order valence-electron chi connectivity index (χ1n) is 5.56. The summed E-state index contributed by atoms with van der Waals surface area (Å²) in [6, 6.07) is 0. The van der Waals surface area contributed by atoms with Crippen LogP contribution in [0.4, 0.5) is 10.2 Å². The van der Waals surface area contributed by atoms with Crippen LogP contribution in [0.15, 0.2) is 11.0 Å². The van der Waals surface area contributed by atoms with E-state index in [4.69, 9.17) is 20.7 Å². The Kier molecular flexibility index (Phi) is 3.80. The first kappa shape index (κ1) is 13.9. The van der Waals surface area contributed by atoms with E-state index in [0.29, 0.717) is 0 Å². The van der Waals surface area contributed by atoms with Crippen molar-refractivity contribution < 1.29 is 24.4 Å². The van der Waals surface area contributed by atoms with E-state index >= 15 is 0 Å². The van der Waals surface area contributed by atoms with Crippen molar-refractivity contribution in [2.24, 2.45) is 0 Å². The van der Waals surface area contributed by atoms with Crippen molar-refractivity contribution in [3.63, 3.8) is 0 Å². The third-order valence-corrected chi connectivity index (χ3v) is 2.98. The number of aromatic nitrogens is 2. The number of nitrogen functional groups attached to an aromatic ring is 1. The molecule has 1 aromatic heterocycles. The van der Waals surface area contributed by atoms with Gasteiger partial charge in [0.05, 0.1) is 13.2 Å². The Balaban J connectivity index is 2.40. The van der Waals surface area contributed by atoms with Gasteiger partial charge in [-0.3, -0.25) is 4.57 Å². The van der Waals surface area contributed by atoms with Gasteiger partial charge in [0.15, 0.2) is 12.4 Å². The number of hydrogen-bond donors (Lipinski definition) is 4. The molecular weight excluding hydrogens is 261 g/mol. The molecule has 0 saturated carbocycles. The predicted molar refractivity (Wildman–Crippen MR) is 60.7 cm³/mol. The van der Waals surface area contributed by atoms with E-state index < -0.39 is 43.5 Å². The predicted octanol–water partition coefficient (Wildman–Crippen LogP) is -2.09. The summed E-state index contributed by atoms with van der Waals surface area (Å²) in [7, 11) is 0. The third kappa shape index (κ3) is 2.32. The van der Waals surface area contributed by atoms with E-state index in [1.807, 2.05) is 0 Å². The van der Waals surface area contributed by atoms with E-state index in [9.17, 15) is 14.3 Å². The molecule has 2 heterocycles. The van der Waals surface area contributed by atoms with Crippen LogP contribution in [0.25, 0.3) is 0 Å². The van der Waals surface area contributed by atoms with Gasteiger partial charge in [0.1, 0.15) is 18.0 Å². The van der Waals surface area contributed by atoms with Gasteiger partial charge >= 0.3 is 5.69 Å². The van der Waals surface area contributed by atoms with Crippen molar-refractivity contribution in [2.75, 3.05) is 12.3 Å². The summed E-state index contributed by atoms with van der Waals surface area (Å²) in [5, 5.41) is 27.4. The smallest absolute Gasteiger partial charge is 0.351 e. The topological polar surface area (TPSA) is 131 Å². The molecule has 1 saturated heterocycles. The molecule has 0 bridgehead atoms. The standard InChI is InChI=1S/C10H14FN3O5/c11-6-7(17)5(3-16)19-9(6)14-1-4(2-15)8(12)13-10(14)18/h1,5-7,9,15-17H,2-3H2,(H2,12,13,18)/t5-,6+,7?,9-/m1/s1. The fourth-order valence-electron chi connectivity index (χ4n) is 1.90. The van der Waals surface area contributed by atoms with Gasteiger partial charge in [-0.15, -0.1) is 0 Å². The highest BCUT2D eigenvalue weighted by Gasteiger charge is 2.45. The number of ether oxygens (including phenoxy) is 1. The molecule has 1 aromatic rings. The second-order valence-electron chi connectivity index (χ2n) is 4.18. The minimum absolute atomic E-state index is 0.136. The fourth-order valence-corrected chi connectivity index (χ4v) is 1.90. The van der Waals surface area contributed by atoms with Crippen LogP contribution in [0.3, 0.4) is 0 Å². The number of hydrogen-bond acceptors (Lipinski definition) is 7. The molecule has 0 aliphatic carbocycles. The maximum absolute atomic E-state index is 13.9. The number of alkyl halides is 1. The molecule has 5 N–H and O–H groups in total. The van der Waals surface area contributed by atoms with E-state index in [-0.39, 0.29) is 11.4 Å². The SMILES string of the molecule is Nc1nc(=O)n([C@@H]2O[C@H](CO)C(O)[C@@H]2F)cc1CO. The number of aliphatic hydroxyl groups is 3. The molecule has 1 fully saturated rings. The van der Waals surface area contributed by atoms with Gasteiger partial charge in [0, 0.05) is 11.8 Å². The van der Waals surface area contributed by atoms with Crippen molar-refractivity contribution in [1.29, 1.82) is 0 Å². The Morgan fingerprint density at radius 3 is 2.74 bits per heavy atom. The van der Waals surface area contributed by atoms with Crippen LogP contribution >= 0.6 is 0 Å². The Morgan fingerprint density at radius 2 is 2.21 bits per heavy atom. The van der Waals surface area contributed by atoms with Crippen molar-refractivity contribution in [2.45, 2.75) is 31.2 Å². The van der Waals surface area contributed by atoms with Crippen molar-refractivity contribution in [1.82, 2.24) is 9.55 Å². The van der Waals surface area contributed by atoms with Crippen LogP contribution < -0.4 is 11.4 Å². The summed E-state index contributed by atoms with van der Waals surface area (Å²) in [5.41, 5.74) is 4.68. The van der Waals surface area contributed by atoms with E-state index in [2.05, 4.69) is 4.98 Å². The lowest BCUT2D eigenvalue weighted by Crippen LogP contribution is -2.34. The Morgan fingerprint density at radius 1 is 1.53 bits per heavy atom. The zero-order valence-corrected chi connectivity index (χ0v) is 9.81. The number of aliphatic hydroxyl groups excluding tert-OH is 3. The first-order valence-corrected chi connectivity index (χ1v) is 5.56. The maximum Gasteiger partial charge on any atom is 0.351 e. The Hall–Kier alpha value is -1.55. The van der Waals surface area contributed by atoms with Crippen LogP contribution in [0.5, 0.6) is 0 Å². The molecule has 106 valence electrons. The number of rotatable bonds is 3. The van der Waals surface area contributed by atoms with E-state index in [0.717, 1.165) is 10.8 Å². The lowest BCUT2D eigenvalue weighted by Gasteiger charge is -2.17. The van der Waals surface area contributed by atoms with Gasteiger partial charge in [-0.05, 0) is 0 Å². The molecule has 0 radical (unpaired) electrons. The zero-order chi connectivity index (χ0) is 14.2. The van der Waals surface area contributed by atoms with Crippen LogP contribution in [0.1, 0.15) is 11.8 Å². The molecule has 0 aromatic carbocycles. The van der Waals surface area contributed by atoms with E-state index in [1.165, 1.54) is 0 Å². The zero-order valence-electron chi connectivity index (χ0n) is 9.81. The molecule has 19 heavy (non-hydrogen) atoms. The van der Waals surface area contributed by atoms with Crippen molar-refractivity contribution in [3.05, 3.63) is 22.2 Å². The van der Waals surface area contributed by atoms with Gasteiger partial charge in [0.2, 0.25) is 0 Å².